The lowest BCUT2D eigenvalue weighted by atomic mass is 9.84. The summed E-state index contributed by atoms with van der Waals surface area (Å²) in [5.41, 5.74) is 0.245. The maximum atomic E-state index is 14.9. The topological polar surface area (TPSA) is 90.0 Å². The number of aromatic hydroxyl groups is 1. The number of phenolic OH excluding ortho intramolecular Hbond substituents is 1. The molecule has 2 aliphatic rings. The predicted octanol–water partition coefficient (Wildman–Crippen LogP) is 4.02. The summed E-state index contributed by atoms with van der Waals surface area (Å²) >= 11 is 0. The predicted molar refractivity (Wildman–Crippen MR) is 117 cm³/mol. The van der Waals surface area contributed by atoms with Crippen LogP contribution in [-0.2, 0) is 0 Å². The Morgan fingerprint density at radius 3 is 2.41 bits per heavy atom. The van der Waals surface area contributed by atoms with Gasteiger partial charge < -0.3 is 15.3 Å². The fraction of sp³-hybridized carbons (Fsp3) is 0.435. The van der Waals surface area contributed by atoms with Gasteiger partial charge >= 0.3 is 0 Å². The number of nitrogens with one attached hydrogen (secondary N) is 2. The van der Waals surface area contributed by atoms with E-state index in [2.05, 4.69) is 44.5 Å². The first-order valence-corrected chi connectivity index (χ1v) is 10.7. The molecule has 9 heteroatoms. The molecule has 4 heterocycles. The minimum atomic E-state index is -1.17. The quantitative estimate of drug-likeness (QED) is 0.568. The van der Waals surface area contributed by atoms with Crippen LogP contribution in [0.25, 0.3) is 22.4 Å². The van der Waals surface area contributed by atoms with Crippen LogP contribution in [0.1, 0.15) is 39.5 Å². The first-order chi connectivity index (χ1) is 15.2. The first kappa shape index (κ1) is 20.8. The summed E-state index contributed by atoms with van der Waals surface area (Å²) in [6, 6.07) is 4.77. The van der Waals surface area contributed by atoms with Crippen LogP contribution in [0.2, 0.25) is 0 Å². The van der Waals surface area contributed by atoms with Gasteiger partial charge in [0, 0.05) is 41.5 Å². The summed E-state index contributed by atoms with van der Waals surface area (Å²) in [5, 5.41) is 28.9. The molecule has 7 nitrogen and oxygen atoms in total. The summed E-state index contributed by atoms with van der Waals surface area (Å²) in [6.07, 6.45) is 7.08. The third-order valence-corrected chi connectivity index (χ3v) is 7.02. The molecule has 0 saturated carbocycles. The third-order valence-electron chi connectivity index (χ3n) is 7.02. The molecule has 3 N–H and O–H groups in total. The Balaban J connectivity index is 1.42. The van der Waals surface area contributed by atoms with Gasteiger partial charge in [0.05, 0.1) is 17.5 Å². The highest BCUT2D eigenvalue weighted by Crippen LogP contribution is 2.44. The summed E-state index contributed by atoms with van der Waals surface area (Å²) in [5.74, 6) is -2.00. The highest BCUT2D eigenvalue weighted by atomic mass is 19.2. The summed E-state index contributed by atoms with van der Waals surface area (Å²) < 4.78 is 29.6. The molecule has 3 atom stereocenters. The molecule has 0 radical (unpaired) electrons. The molecule has 2 aromatic heterocycles. The van der Waals surface area contributed by atoms with Crippen LogP contribution in [0.3, 0.4) is 0 Å². The van der Waals surface area contributed by atoms with Gasteiger partial charge in [0.25, 0.3) is 0 Å². The van der Waals surface area contributed by atoms with Crippen molar-refractivity contribution in [3.8, 4) is 28.1 Å². The Labute approximate surface area is 184 Å². The number of aromatic nitrogens is 4. The number of phenols is 1. The molecule has 3 aromatic rings. The molecule has 2 bridgehead atoms. The Hall–Kier alpha value is -3.07. The van der Waals surface area contributed by atoms with Gasteiger partial charge in [-0.3, -0.25) is 5.10 Å². The van der Waals surface area contributed by atoms with Gasteiger partial charge in [0.1, 0.15) is 5.75 Å². The summed E-state index contributed by atoms with van der Waals surface area (Å²) in [7, 11) is 1.99. The van der Waals surface area contributed by atoms with Gasteiger partial charge in [-0.2, -0.15) is 5.10 Å². The molecule has 1 unspecified atom stereocenters. The second-order valence-electron chi connectivity index (χ2n) is 9.63. The number of halogens is 2. The second-order valence-corrected chi connectivity index (χ2v) is 9.63. The smallest absolute Gasteiger partial charge is 0.172 e. The summed E-state index contributed by atoms with van der Waals surface area (Å²) in [4.78, 5) is 2.11. The van der Waals surface area contributed by atoms with Crippen LogP contribution >= 0.6 is 0 Å². The third kappa shape index (κ3) is 3.40. The lowest BCUT2D eigenvalue weighted by molar-refractivity contribution is 0.207. The van der Waals surface area contributed by atoms with E-state index in [1.165, 1.54) is 18.5 Å². The van der Waals surface area contributed by atoms with Crippen molar-refractivity contribution in [2.24, 2.45) is 0 Å². The van der Waals surface area contributed by atoms with Crippen molar-refractivity contribution >= 4 is 5.82 Å². The number of hydrogen-bond acceptors (Lipinski definition) is 6. The van der Waals surface area contributed by atoms with Crippen molar-refractivity contribution < 1.29 is 13.9 Å². The van der Waals surface area contributed by atoms with Crippen LogP contribution < -0.4 is 10.2 Å². The normalized spacial score (nSPS) is 27.0. The number of piperidine rings is 1. The Morgan fingerprint density at radius 2 is 1.81 bits per heavy atom. The van der Waals surface area contributed by atoms with Gasteiger partial charge in [-0.15, -0.1) is 10.2 Å². The molecule has 0 spiro atoms. The molecule has 1 aromatic carbocycles. The van der Waals surface area contributed by atoms with E-state index in [-0.39, 0.29) is 27.9 Å². The molecular weight excluding hydrogens is 414 g/mol. The van der Waals surface area contributed by atoms with Gasteiger partial charge in [-0.1, -0.05) is 0 Å². The number of benzene rings is 1. The maximum absolute atomic E-state index is 14.9. The Kier molecular flexibility index (Phi) is 4.70. The van der Waals surface area contributed by atoms with Gasteiger partial charge in [-0.25, -0.2) is 8.78 Å². The van der Waals surface area contributed by atoms with Crippen LogP contribution in [0.4, 0.5) is 14.6 Å². The molecule has 5 rings (SSSR count). The number of H-pyrrole nitrogens is 1. The second kappa shape index (κ2) is 7.23. The highest BCUT2D eigenvalue weighted by molar-refractivity contribution is 5.75. The van der Waals surface area contributed by atoms with Crippen molar-refractivity contribution in [1.29, 1.82) is 0 Å². The average Bonchev–Trinajstić information content (AvgIpc) is 3.36. The monoisotopic (exact) mass is 440 g/mol. The van der Waals surface area contributed by atoms with E-state index in [0.29, 0.717) is 17.4 Å². The minimum Gasteiger partial charge on any atom is -0.507 e. The maximum Gasteiger partial charge on any atom is 0.172 e. The van der Waals surface area contributed by atoms with E-state index in [0.717, 1.165) is 25.7 Å². The van der Waals surface area contributed by atoms with E-state index in [1.54, 1.807) is 12.1 Å². The molecule has 32 heavy (non-hydrogen) atoms. The lowest BCUT2D eigenvalue weighted by Crippen LogP contribution is -2.58. The number of rotatable bonds is 4. The van der Waals surface area contributed by atoms with E-state index in [1.807, 2.05) is 7.05 Å². The molecule has 0 amide bonds. The summed E-state index contributed by atoms with van der Waals surface area (Å²) in [6.45, 7) is 4.53. The van der Waals surface area contributed by atoms with Crippen molar-refractivity contribution in [3.05, 3.63) is 42.2 Å². The van der Waals surface area contributed by atoms with E-state index in [4.69, 9.17) is 0 Å². The zero-order valence-corrected chi connectivity index (χ0v) is 18.3. The SMILES string of the molecule is CN(c1ccc(-c2c(O)cc(-c3cn[nH]c3)c(F)c2F)nn1)C1C[C@]2(C)CC[C@](C)(C1)N2. The molecule has 2 saturated heterocycles. The number of hydrogen-bond donors (Lipinski definition) is 3. The standard InChI is InChI=1S/C23H26F2N6O/c1-22-6-7-23(2,30-22)10-14(9-22)31(3)18-5-4-16(28-29-18)19-17(32)8-15(20(24)21(19)25)13-11-26-27-12-13/h4-5,8,11-12,14,30,32H,6-7,9-10H2,1-3H3,(H,26,27)/t14?,22-,23+. The van der Waals surface area contributed by atoms with Gasteiger partial charge in [0.15, 0.2) is 17.5 Å². The van der Waals surface area contributed by atoms with E-state index >= 15 is 0 Å². The van der Waals surface area contributed by atoms with Crippen molar-refractivity contribution in [3.63, 3.8) is 0 Å². The van der Waals surface area contributed by atoms with Crippen molar-refractivity contribution in [1.82, 2.24) is 25.7 Å². The number of nitrogens with zero attached hydrogens (tertiary/aromatic N) is 4. The van der Waals surface area contributed by atoms with E-state index < -0.39 is 17.4 Å². The van der Waals surface area contributed by atoms with Crippen LogP contribution in [0.5, 0.6) is 5.75 Å². The number of fused-ring (bicyclic) bond motifs is 2. The fourth-order valence-corrected chi connectivity index (χ4v) is 5.40. The first-order valence-electron chi connectivity index (χ1n) is 10.7. The molecule has 2 aliphatic heterocycles. The average molecular weight is 440 g/mol. The zero-order chi connectivity index (χ0) is 22.7. The molecular formula is C23H26F2N6O. The molecule has 2 fully saturated rings. The number of aromatic amines is 1. The van der Waals surface area contributed by atoms with Crippen LogP contribution in [0, 0.1) is 11.6 Å². The van der Waals surface area contributed by atoms with Crippen molar-refractivity contribution in [2.75, 3.05) is 11.9 Å². The fourth-order valence-electron chi connectivity index (χ4n) is 5.40. The molecule has 0 aliphatic carbocycles. The zero-order valence-electron chi connectivity index (χ0n) is 18.3. The Morgan fingerprint density at radius 1 is 1.09 bits per heavy atom. The molecule has 168 valence electrons. The van der Waals surface area contributed by atoms with Crippen molar-refractivity contribution in [2.45, 2.75) is 56.7 Å². The lowest BCUT2D eigenvalue weighted by Gasteiger charge is -2.45. The van der Waals surface area contributed by atoms with E-state index in [9.17, 15) is 13.9 Å². The Bertz CT molecular complexity index is 1130. The number of anilines is 1. The minimum absolute atomic E-state index is 0.0686. The van der Waals surface area contributed by atoms with Gasteiger partial charge in [0.2, 0.25) is 0 Å². The van der Waals surface area contributed by atoms with Crippen LogP contribution in [-0.4, -0.2) is 49.7 Å². The van der Waals surface area contributed by atoms with Crippen LogP contribution in [0.15, 0.2) is 30.6 Å². The van der Waals surface area contributed by atoms with Gasteiger partial charge in [-0.05, 0) is 57.7 Å². The largest absolute Gasteiger partial charge is 0.507 e. The highest BCUT2D eigenvalue weighted by Gasteiger charge is 2.49.